The number of nitrogens with one attached hydrogen (secondary N) is 1. The van der Waals surface area contributed by atoms with Crippen molar-refractivity contribution in [1.29, 1.82) is 0 Å². The van der Waals surface area contributed by atoms with Crippen LogP contribution in [0.15, 0.2) is 84.0 Å². The number of carbonyl (C=O) groups excluding carboxylic acids is 1. The van der Waals surface area contributed by atoms with Gasteiger partial charge in [-0.1, -0.05) is 54.2 Å². The molecule has 4 aromatic rings. The third kappa shape index (κ3) is 5.74. The quantitative estimate of drug-likeness (QED) is 0.319. The lowest BCUT2D eigenvalue weighted by Crippen LogP contribution is -2.15. The van der Waals surface area contributed by atoms with Crippen molar-refractivity contribution in [1.82, 2.24) is 14.8 Å². The fourth-order valence-corrected chi connectivity index (χ4v) is 3.97. The molecule has 4 rings (SSSR count). The zero-order valence-electron chi connectivity index (χ0n) is 18.5. The number of ether oxygens (including phenoxy) is 2. The van der Waals surface area contributed by atoms with E-state index in [9.17, 15) is 9.18 Å². The van der Waals surface area contributed by atoms with Crippen LogP contribution in [0.1, 0.15) is 12.7 Å². The third-order valence-electron chi connectivity index (χ3n) is 4.70. The molecule has 1 aromatic heterocycles. The Kier molecular flexibility index (Phi) is 7.77. The third-order valence-corrected chi connectivity index (χ3v) is 5.63. The Balaban J connectivity index is 1.49. The van der Waals surface area contributed by atoms with Crippen LogP contribution < -0.4 is 14.8 Å². The average Bonchev–Trinajstić information content (AvgIpc) is 3.27. The van der Waals surface area contributed by atoms with E-state index in [1.807, 2.05) is 49.4 Å². The Morgan fingerprint density at radius 1 is 0.941 bits per heavy atom. The van der Waals surface area contributed by atoms with Crippen molar-refractivity contribution in [3.8, 4) is 17.2 Å². The van der Waals surface area contributed by atoms with E-state index in [4.69, 9.17) is 9.47 Å². The number of amides is 1. The van der Waals surface area contributed by atoms with E-state index in [1.165, 1.54) is 17.8 Å². The highest BCUT2D eigenvalue weighted by Gasteiger charge is 2.17. The molecule has 0 atom stereocenters. The van der Waals surface area contributed by atoms with Crippen molar-refractivity contribution in [2.24, 2.45) is 0 Å². The van der Waals surface area contributed by atoms with Crippen LogP contribution in [-0.4, -0.2) is 33.0 Å². The summed E-state index contributed by atoms with van der Waals surface area (Å²) in [4.78, 5) is 12.6. The molecule has 0 aliphatic rings. The average molecular weight is 479 g/mol. The number of carbonyl (C=O) groups is 1. The number of rotatable bonds is 10. The molecule has 0 saturated carbocycles. The minimum Gasteiger partial charge on any atom is -0.492 e. The molecule has 0 aliphatic carbocycles. The molecular formula is C25H23FN4O3S. The van der Waals surface area contributed by atoms with Gasteiger partial charge in [-0.2, -0.15) is 0 Å². The fourth-order valence-electron chi connectivity index (χ4n) is 3.20. The number of nitrogens with zero attached hydrogens (tertiary/aromatic N) is 3. The first-order chi connectivity index (χ1) is 16.7. The normalized spacial score (nSPS) is 10.6. The van der Waals surface area contributed by atoms with E-state index in [2.05, 4.69) is 15.5 Å². The molecule has 0 saturated heterocycles. The second-order valence-corrected chi connectivity index (χ2v) is 8.00. The SMILES string of the molecule is CCOc1ccccc1NC(=O)CSc1nnc(COc2ccccc2F)n1-c1ccccc1. The van der Waals surface area contributed by atoms with E-state index in [0.29, 0.717) is 29.0 Å². The molecule has 7 nitrogen and oxygen atoms in total. The van der Waals surface area contributed by atoms with E-state index in [0.717, 1.165) is 5.69 Å². The van der Waals surface area contributed by atoms with Crippen LogP contribution in [0.4, 0.5) is 10.1 Å². The van der Waals surface area contributed by atoms with Gasteiger partial charge in [-0.25, -0.2) is 4.39 Å². The second kappa shape index (κ2) is 11.3. The van der Waals surface area contributed by atoms with Gasteiger partial charge in [0.2, 0.25) is 5.91 Å². The fraction of sp³-hybridized carbons (Fsp3) is 0.160. The number of aromatic nitrogens is 3. The minimum atomic E-state index is -0.452. The number of para-hydroxylation sites is 4. The molecule has 0 radical (unpaired) electrons. The second-order valence-electron chi connectivity index (χ2n) is 7.05. The summed E-state index contributed by atoms with van der Waals surface area (Å²) in [7, 11) is 0. The zero-order chi connectivity index (χ0) is 23.8. The molecular weight excluding hydrogens is 455 g/mol. The first-order valence-corrected chi connectivity index (χ1v) is 11.7. The van der Waals surface area contributed by atoms with Crippen LogP contribution in [-0.2, 0) is 11.4 Å². The van der Waals surface area contributed by atoms with Crippen molar-refractivity contribution in [3.63, 3.8) is 0 Å². The van der Waals surface area contributed by atoms with Gasteiger partial charge in [0.05, 0.1) is 18.0 Å². The molecule has 0 aliphatic heterocycles. The van der Waals surface area contributed by atoms with Crippen molar-refractivity contribution >= 4 is 23.4 Å². The number of benzene rings is 3. The smallest absolute Gasteiger partial charge is 0.234 e. The molecule has 0 spiro atoms. The van der Waals surface area contributed by atoms with Crippen LogP contribution in [0, 0.1) is 5.82 Å². The predicted octanol–water partition coefficient (Wildman–Crippen LogP) is 5.11. The largest absolute Gasteiger partial charge is 0.492 e. The van der Waals surface area contributed by atoms with E-state index >= 15 is 0 Å². The first-order valence-electron chi connectivity index (χ1n) is 10.7. The summed E-state index contributed by atoms with van der Waals surface area (Å²) in [6.45, 7) is 2.40. The van der Waals surface area contributed by atoms with Gasteiger partial charge in [0.25, 0.3) is 0 Å². The maximum absolute atomic E-state index is 14.0. The Bertz CT molecular complexity index is 1250. The lowest BCUT2D eigenvalue weighted by molar-refractivity contribution is -0.113. The van der Waals surface area contributed by atoms with Crippen molar-refractivity contribution in [3.05, 3.63) is 90.5 Å². The lowest BCUT2D eigenvalue weighted by Gasteiger charge is -2.12. The topological polar surface area (TPSA) is 78.3 Å². The molecule has 0 bridgehead atoms. The van der Waals surface area contributed by atoms with E-state index in [1.54, 1.807) is 34.9 Å². The summed E-state index contributed by atoms with van der Waals surface area (Å²) >= 11 is 1.24. The van der Waals surface area contributed by atoms with E-state index < -0.39 is 5.82 Å². The molecule has 174 valence electrons. The van der Waals surface area contributed by atoms with Crippen molar-refractivity contribution in [2.75, 3.05) is 17.7 Å². The molecule has 0 unspecified atom stereocenters. The highest BCUT2D eigenvalue weighted by atomic mass is 32.2. The number of anilines is 1. The molecule has 34 heavy (non-hydrogen) atoms. The highest BCUT2D eigenvalue weighted by molar-refractivity contribution is 7.99. The summed E-state index contributed by atoms with van der Waals surface area (Å²) in [5.74, 6) is 0.685. The number of thioether (sulfide) groups is 1. The van der Waals surface area contributed by atoms with Crippen molar-refractivity contribution < 1.29 is 18.7 Å². The number of hydrogen-bond donors (Lipinski definition) is 1. The van der Waals surface area contributed by atoms with Gasteiger partial charge < -0.3 is 14.8 Å². The summed E-state index contributed by atoms with van der Waals surface area (Å²) in [6.07, 6.45) is 0. The summed E-state index contributed by atoms with van der Waals surface area (Å²) in [5.41, 5.74) is 1.42. The van der Waals surface area contributed by atoms with Gasteiger partial charge in [-0.15, -0.1) is 10.2 Å². The van der Waals surface area contributed by atoms with Gasteiger partial charge in [0.1, 0.15) is 12.4 Å². The van der Waals surface area contributed by atoms with Crippen LogP contribution in [0.5, 0.6) is 11.5 Å². The van der Waals surface area contributed by atoms with Gasteiger partial charge in [-0.05, 0) is 43.3 Å². The van der Waals surface area contributed by atoms with Crippen molar-refractivity contribution in [2.45, 2.75) is 18.7 Å². The van der Waals surface area contributed by atoms with E-state index in [-0.39, 0.29) is 24.0 Å². The minimum absolute atomic E-state index is 0.0112. The molecule has 9 heteroatoms. The Labute approximate surface area is 200 Å². The van der Waals surface area contributed by atoms with Gasteiger partial charge in [-0.3, -0.25) is 9.36 Å². The molecule has 1 heterocycles. The highest BCUT2D eigenvalue weighted by Crippen LogP contribution is 2.26. The Hall–Kier alpha value is -3.85. The summed E-state index contributed by atoms with van der Waals surface area (Å²) in [6, 6.07) is 23.0. The summed E-state index contributed by atoms with van der Waals surface area (Å²) in [5, 5.41) is 11.9. The maximum Gasteiger partial charge on any atom is 0.234 e. The molecule has 3 aromatic carbocycles. The van der Waals surface area contributed by atoms with Gasteiger partial charge in [0.15, 0.2) is 22.5 Å². The number of hydrogen-bond acceptors (Lipinski definition) is 6. The van der Waals surface area contributed by atoms with Gasteiger partial charge >= 0.3 is 0 Å². The summed E-state index contributed by atoms with van der Waals surface area (Å²) < 4.78 is 27.0. The zero-order valence-corrected chi connectivity index (χ0v) is 19.3. The number of halogens is 1. The monoisotopic (exact) mass is 478 g/mol. The van der Waals surface area contributed by atoms with Crippen LogP contribution in [0.3, 0.4) is 0 Å². The molecule has 1 amide bonds. The van der Waals surface area contributed by atoms with Gasteiger partial charge in [0, 0.05) is 5.69 Å². The standard InChI is InChI=1S/C25H23FN4O3S/c1-2-32-22-15-9-7-13-20(22)27-24(31)17-34-25-29-28-23(30(25)18-10-4-3-5-11-18)16-33-21-14-8-6-12-19(21)26/h3-15H,2,16-17H2,1H3,(H,27,31). The Morgan fingerprint density at radius 2 is 1.65 bits per heavy atom. The molecule has 1 N–H and O–H groups in total. The predicted molar refractivity (Wildman–Crippen MR) is 129 cm³/mol. The van der Waals surface area contributed by atoms with Crippen LogP contribution in [0.25, 0.3) is 5.69 Å². The Morgan fingerprint density at radius 3 is 2.41 bits per heavy atom. The first kappa shape index (κ1) is 23.3. The van der Waals surface area contributed by atoms with Crippen LogP contribution in [0.2, 0.25) is 0 Å². The van der Waals surface area contributed by atoms with Crippen LogP contribution >= 0.6 is 11.8 Å². The molecule has 0 fully saturated rings. The maximum atomic E-state index is 14.0. The lowest BCUT2D eigenvalue weighted by atomic mass is 10.3.